The molecule has 1 aliphatic rings. The van der Waals surface area contributed by atoms with E-state index in [1.807, 2.05) is 0 Å². The minimum atomic E-state index is -5.32. The van der Waals surface area contributed by atoms with Gasteiger partial charge in [-0.15, -0.1) is 0 Å². The van der Waals surface area contributed by atoms with Crippen LogP contribution in [0.5, 0.6) is 5.75 Å². The lowest BCUT2D eigenvalue weighted by molar-refractivity contribution is -0.189. The van der Waals surface area contributed by atoms with Crippen LogP contribution in [-0.4, -0.2) is 56.1 Å². The second-order valence-electron chi connectivity index (χ2n) is 7.49. The Morgan fingerprint density at radius 3 is 2.76 bits per heavy atom. The molecule has 0 bridgehead atoms. The average Bonchev–Trinajstić information content (AvgIpc) is 3.43. The Hall–Kier alpha value is -3.52. The van der Waals surface area contributed by atoms with Crippen LogP contribution in [0.25, 0.3) is 22.4 Å². The number of hydrogen-bond donors (Lipinski definition) is 1. The molecule has 11 nitrogen and oxygen atoms in total. The van der Waals surface area contributed by atoms with Gasteiger partial charge in [0.15, 0.2) is 17.2 Å². The molecule has 1 saturated heterocycles. The number of pyridine rings is 1. The largest absolute Gasteiger partial charge is 0.491 e. The number of nitrogens with two attached hydrogens (primary N) is 1. The Balaban J connectivity index is 2.11. The van der Waals surface area contributed by atoms with Crippen molar-refractivity contribution in [1.82, 2.24) is 24.1 Å². The second kappa shape index (κ2) is 9.02. The number of carbonyl (C=O) groups excluding carboxylic acids is 1. The highest BCUT2D eigenvalue weighted by Gasteiger charge is 2.43. The number of aromatic nitrogens is 5. The number of anilines is 1. The molecule has 4 heterocycles. The number of hydrogen-bond acceptors (Lipinski definition) is 9. The summed E-state index contributed by atoms with van der Waals surface area (Å²) in [4.78, 5) is 38.0. The number of aryl methyl sites for hydroxylation is 1. The predicted molar refractivity (Wildman–Crippen MR) is 112 cm³/mol. The highest BCUT2D eigenvalue weighted by atomic mass is 19.4. The maximum absolute atomic E-state index is 13.8. The van der Waals surface area contributed by atoms with Crippen molar-refractivity contribution in [2.24, 2.45) is 0 Å². The summed E-state index contributed by atoms with van der Waals surface area (Å²) in [6.07, 6.45) is -2.03. The molecular weight excluding hydrogens is 461 g/mol. The first kappa shape index (κ1) is 23.6. The first-order valence-electron chi connectivity index (χ1n) is 10.3. The van der Waals surface area contributed by atoms with Gasteiger partial charge in [0.05, 0.1) is 23.7 Å². The van der Waals surface area contributed by atoms with Crippen LogP contribution >= 0.6 is 0 Å². The molecule has 2 N–H and O–H groups in total. The minimum absolute atomic E-state index is 0.0419. The molecule has 0 saturated carbocycles. The number of esters is 1. The molecule has 1 aliphatic heterocycles. The summed E-state index contributed by atoms with van der Waals surface area (Å²) < 4.78 is 57.8. The number of ether oxygens (including phenoxy) is 3. The van der Waals surface area contributed by atoms with Gasteiger partial charge in [0.25, 0.3) is 5.56 Å². The maximum atomic E-state index is 13.8. The summed E-state index contributed by atoms with van der Waals surface area (Å²) in [5, 5.41) is -0.0701. The number of nitrogens with zero attached hydrogens (tertiary/aromatic N) is 5. The number of halogens is 3. The lowest BCUT2D eigenvalue weighted by Gasteiger charge is -2.21. The number of imidazole rings is 1. The number of rotatable bonds is 6. The molecule has 0 spiro atoms. The van der Waals surface area contributed by atoms with Crippen LogP contribution in [0.15, 0.2) is 17.2 Å². The van der Waals surface area contributed by atoms with Crippen LogP contribution in [0.2, 0.25) is 0 Å². The molecule has 4 rings (SSSR count). The molecule has 34 heavy (non-hydrogen) atoms. The minimum Gasteiger partial charge on any atom is -0.418 e. The smallest absolute Gasteiger partial charge is 0.418 e. The van der Waals surface area contributed by atoms with Crippen molar-refractivity contribution >= 4 is 23.0 Å². The van der Waals surface area contributed by atoms with Crippen LogP contribution in [0.4, 0.5) is 19.1 Å². The fourth-order valence-electron chi connectivity index (χ4n) is 3.80. The summed E-state index contributed by atoms with van der Waals surface area (Å²) in [7, 11) is 0. The number of alkyl halides is 3. The van der Waals surface area contributed by atoms with Gasteiger partial charge >= 0.3 is 12.1 Å². The molecule has 3 aromatic heterocycles. The molecule has 0 aromatic carbocycles. The van der Waals surface area contributed by atoms with Crippen LogP contribution in [0, 0.1) is 6.92 Å². The van der Waals surface area contributed by atoms with E-state index in [0.717, 1.165) is 0 Å². The van der Waals surface area contributed by atoms with Gasteiger partial charge in [-0.1, -0.05) is 0 Å². The Bertz CT molecular complexity index is 1300. The third-order valence-electron chi connectivity index (χ3n) is 5.27. The summed E-state index contributed by atoms with van der Waals surface area (Å²) in [6, 6.07) is -0.481. The van der Waals surface area contributed by atoms with Crippen molar-refractivity contribution in [1.29, 1.82) is 0 Å². The van der Waals surface area contributed by atoms with E-state index in [1.165, 1.54) is 28.5 Å². The standard InChI is InChI=1S/C20H21F3N6O5/c1-3-32-9-28-6-5-25-15(28)13-14(34-18(31)20(21,22)23)12-10(2)26-19(24)27-16(12)29(17(13)30)11-4-7-33-8-11/h5-6,11H,3-4,7-9H2,1-2H3,(H2,24,26,27)/t11-/m0/s1. The van der Waals surface area contributed by atoms with Crippen molar-refractivity contribution in [2.45, 2.75) is 39.2 Å². The van der Waals surface area contributed by atoms with Gasteiger partial charge in [0.1, 0.15) is 12.3 Å². The Morgan fingerprint density at radius 2 is 2.12 bits per heavy atom. The van der Waals surface area contributed by atoms with Gasteiger partial charge in [0.2, 0.25) is 5.95 Å². The highest BCUT2D eigenvalue weighted by molar-refractivity contribution is 5.95. The van der Waals surface area contributed by atoms with E-state index >= 15 is 0 Å². The van der Waals surface area contributed by atoms with Gasteiger partial charge in [-0.05, 0) is 20.3 Å². The SMILES string of the molecule is CCOCn1ccnc1-c1c(OC(=O)C(F)(F)F)c2c(C)nc(N)nc2n([C@H]2CCOC2)c1=O. The van der Waals surface area contributed by atoms with Crippen LogP contribution in [-0.2, 0) is 21.0 Å². The summed E-state index contributed by atoms with van der Waals surface area (Å²) in [5.74, 6) is -3.40. The number of carbonyl (C=O) groups is 1. The molecule has 0 amide bonds. The zero-order valence-corrected chi connectivity index (χ0v) is 18.3. The lowest BCUT2D eigenvalue weighted by Crippen LogP contribution is -2.32. The fraction of sp³-hybridized carbons (Fsp3) is 0.450. The lowest BCUT2D eigenvalue weighted by atomic mass is 10.1. The van der Waals surface area contributed by atoms with Crippen molar-refractivity contribution < 1.29 is 32.2 Å². The number of fused-ring (bicyclic) bond motifs is 1. The summed E-state index contributed by atoms with van der Waals surface area (Å²) in [6.45, 7) is 4.05. The van der Waals surface area contributed by atoms with Gasteiger partial charge in [-0.3, -0.25) is 9.36 Å². The first-order chi connectivity index (χ1) is 16.1. The molecule has 0 unspecified atom stereocenters. The first-order valence-corrected chi connectivity index (χ1v) is 10.3. The normalized spacial score (nSPS) is 16.3. The van der Waals surface area contributed by atoms with E-state index in [-0.39, 0.29) is 47.4 Å². The summed E-state index contributed by atoms with van der Waals surface area (Å²) in [5.41, 5.74) is 4.70. The maximum Gasteiger partial charge on any atom is 0.491 e. The Labute approximate surface area is 190 Å². The van der Waals surface area contributed by atoms with Crippen LogP contribution in [0.3, 0.4) is 0 Å². The van der Waals surface area contributed by atoms with Crippen molar-refractivity contribution in [3.05, 3.63) is 28.4 Å². The van der Waals surface area contributed by atoms with Crippen LogP contribution < -0.4 is 16.0 Å². The Kier molecular flexibility index (Phi) is 6.27. The quantitative estimate of drug-likeness (QED) is 0.523. The van der Waals surface area contributed by atoms with Crippen molar-refractivity contribution in [3.8, 4) is 17.1 Å². The van der Waals surface area contributed by atoms with Gasteiger partial charge in [0, 0.05) is 25.6 Å². The van der Waals surface area contributed by atoms with E-state index in [4.69, 9.17) is 19.9 Å². The molecule has 0 aliphatic carbocycles. The Morgan fingerprint density at radius 1 is 1.35 bits per heavy atom. The van der Waals surface area contributed by atoms with E-state index in [1.54, 1.807) is 6.92 Å². The van der Waals surface area contributed by atoms with Gasteiger partial charge in [-0.2, -0.15) is 18.2 Å². The second-order valence-corrected chi connectivity index (χ2v) is 7.49. The molecule has 182 valence electrons. The third-order valence-corrected chi connectivity index (χ3v) is 5.27. The highest BCUT2D eigenvalue weighted by Crippen LogP contribution is 2.38. The molecule has 1 atom stereocenters. The summed E-state index contributed by atoms with van der Waals surface area (Å²) >= 11 is 0. The number of nitrogen functional groups attached to an aromatic ring is 1. The molecule has 1 fully saturated rings. The molecule has 0 radical (unpaired) electrons. The van der Waals surface area contributed by atoms with E-state index in [0.29, 0.717) is 19.6 Å². The van der Waals surface area contributed by atoms with E-state index in [9.17, 15) is 22.8 Å². The third kappa shape index (κ3) is 4.21. The monoisotopic (exact) mass is 482 g/mol. The molecule has 3 aromatic rings. The van der Waals surface area contributed by atoms with Gasteiger partial charge < -0.3 is 24.5 Å². The predicted octanol–water partition coefficient (Wildman–Crippen LogP) is 1.97. The van der Waals surface area contributed by atoms with Crippen molar-refractivity contribution in [3.63, 3.8) is 0 Å². The average molecular weight is 482 g/mol. The van der Waals surface area contributed by atoms with E-state index in [2.05, 4.69) is 15.0 Å². The van der Waals surface area contributed by atoms with E-state index < -0.39 is 29.5 Å². The van der Waals surface area contributed by atoms with Crippen LogP contribution in [0.1, 0.15) is 25.1 Å². The molecular formula is C20H21F3N6O5. The van der Waals surface area contributed by atoms with Gasteiger partial charge in [-0.25, -0.2) is 14.8 Å². The molecule has 14 heteroatoms. The van der Waals surface area contributed by atoms with Crippen molar-refractivity contribution in [2.75, 3.05) is 25.6 Å². The topological polar surface area (TPSA) is 136 Å². The fourth-order valence-corrected chi connectivity index (χ4v) is 3.80. The zero-order chi connectivity index (χ0) is 24.6. The zero-order valence-electron chi connectivity index (χ0n) is 18.3.